The second kappa shape index (κ2) is 4.56. The van der Waals surface area contributed by atoms with Gasteiger partial charge in [0.25, 0.3) is 0 Å². The summed E-state index contributed by atoms with van der Waals surface area (Å²) in [7, 11) is 0. The standard InChI is InChI=1S/C14H15NO5/c1-14(2,3)20-13(19)15-10-5-4-9(16)6-8(10)7-11(15)12(17)18/h4-7,16H,1-3H3,(H,17,18). The predicted molar refractivity (Wildman–Crippen MR) is 72.2 cm³/mol. The van der Waals surface area contributed by atoms with Gasteiger partial charge in [0.1, 0.15) is 17.0 Å². The van der Waals surface area contributed by atoms with Gasteiger partial charge in [-0.3, -0.25) is 0 Å². The Labute approximate surface area is 115 Å². The van der Waals surface area contributed by atoms with Crippen LogP contribution in [-0.2, 0) is 4.74 Å². The number of hydrogen-bond donors (Lipinski definition) is 2. The first-order valence-corrected chi connectivity index (χ1v) is 6.00. The van der Waals surface area contributed by atoms with Gasteiger partial charge >= 0.3 is 12.1 Å². The van der Waals surface area contributed by atoms with E-state index in [4.69, 9.17) is 4.74 Å². The number of phenols is 1. The van der Waals surface area contributed by atoms with E-state index in [-0.39, 0.29) is 11.4 Å². The molecule has 2 aromatic rings. The zero-order valence-electron chi connectivity index (χ0n) is 11.4. The molecule has 2 N–H and O–H groups in total. The van der Waals surface area contributed by atoms with Crippen molar-refractivity contribution in [3.05, 3.63) is 30.0 Å². The van der Waals surface area contributed by atoms with Gasteiger partial charge in [-0.15, -0.1) is 0 Å². The fraction of sp³-hybridized carbons (Fsp3) is 0.286. The van der Waals surface area contributed by atoms with Gasteiger partial charge in [0, 0.05) is 5.39 Å². The lowest BCUT2D eigenvalue weighted by Gasteiger charge is -2.20. The molecule has 0 aliphatic rings. The van der Waals surface area contributed by atoms with Crippen LogP contribution in [0.25, 0.3) is 10.9 Å². The molecule has 0 unspecified atom stereocenters. The highest BCUT2D eigenvalue weighted by Gasteiger charge is 2.24. The lowest BCUT2D eigenvalue weighted by atomic mass is 10.2. The first kappa shape index (κ1) is 13.9. The van der Waals surface area contributed by atoms with Gasteiger partial charge in [-0.05, 0) is 45.0 Å². The molecule has 2 rings (SSSR count). The van der Waals surface area contributed by atoms with Crippen molar-refractivity contribution in [2.24, 2.45) is 0 Å². The monoisotopic (exact) mass is 277 g/mol. The van der Waals surface area contributed by atoms with Crippen molar-refractivity contribution in [3.8, 4) is 5.75 Å². The predicted octanol–water partition coefficient (Wildman–Crippen LogP) is 2.83. The number of carboxylic acid groups (broad SMARTS) is 1. The van der Waals surface area contributed by atoms with Crippen LogP contribution >= 0.6 is 0 Å². The van der Waals surface area contributed by atoms with Gasteiger partial charge in [-0.1, -0.05) is 0 Å². The average Bonchev–Trinajstić information content (AvgIpc) is 2.64. The Morgan fingerprint density at radius 2 is 1.85 bits per heavy atom. The molecule has 0 atom stereocenters. The SMILES string of the molecule is CC(C)(C)OC(=O)n1c(C(=O)O)cc2cc(O)ccc21. The summed E-state index contributed by atoms with van der Waals surface area (Å²) in [6.45, 7) is 5.09. The first-order valence-electron chi connectivity index (χ1n) is 6.00. The van der Waals surface area contributed by atoms with Crippen molar-refractivity contribution in [3.63, 3.8) is 0 Å². The second-order valence-electron chi connectivity index (χ2n) is 5.39. The number of carbonyl (C=O) groups excluding carboxylic acids is 1. The van der Waals surface area contributed by atoms with Gasteiger partial charge in [-0.25, -0.2) is 14.2 Å². The van der Waals surface area contributed by atoms with E-state index in [2.05, 4.69) is 0 Å². The number of fused-ring (bicyclic) bond motifs is 1. The molecule has 0 fully saturated rings. The fourth-order valence-electron chi connectivity index (χ4n) is 1.86. The molecule has 0 aliphatic heterocycles. The van der Waals surface area contributed by atoms with E-state index in [1.54, 1.807) is 20.8 Å². The first-order chi connectivity index (χ1) is 9.19. The normalized spacial score (nSPS) is 11.6. The zero-order valence-corrected chi connectivity index (χ0v) is 11.4. The molecule has 0 spiro atoms. The molecule has 20 heavy (non-hydrogen) atoms. The van der Waals surface area contributed by atoms with Crippen LogP contribution in [0.1, 0.15) is 31.3 Å². The Kier molecular flexibility index (Phi) is 3.17. The zero-order chi connectivity index (χ0) is 15.1. The molecule has 6 heteroatoms. The number of benzene rings is 1. The lowest BCUT2D eigenvalue weighted by molar-refractivity contribution is 0.0513. The second-order valence-corrected chi connectivity index (χ2v) is 5.39. The average molecular weight is 277 g/mol. The number of aromatic nitrogens is 1. The van der Waals surface area contributed by atoms with Crippen molar-refractivity contribution >= 4 is 23.0 Å². The third-order valence-electron chi connectivity index (χ3n) is 2.58. The topological polar surface area (TPSA) is 88.8 Å². The number of phenolic OH excluding ortho intramolecular Hbond substituents is 1. The number of hydrogen-bond acceptors (Lipinski definition) is 4. The molecule has 0 saturated carbocycles. The van der Waals surface area contributed by atoms with Crippen molar-refractivity contribution in [2.75, 3.05) is 0 Å². The van der Waals surface area contributed by atoms with Gasteiger partial charge in [-0.2, -0.15) is 0 Å². The van der Waals surface area contributed by atoms with Crippen molar-refractivity contribution < 1.29 is 24.5 Å². The Bertz CT molecular complexity index is 693. The molecule has 1 aromatic carbocycles. The Morgan fingerprint density at radius 3 is 2.40 bits per heavy atom. The number of aromatic carboxylic acids is 1. The van der Waals surface area contributed by atoms with E-state index in [0.29, 0.717) is 10.9 Å². The summed E-state index contributed by atoms with van der Waals surface area (Å²) in [5, 5.41) is 19.1. The van der Waals surface area contributed by atoms with Crippen molar-refractivity contribution in [1.82, 2.24) is 4.57 Å². The third kappa shape index (κ3) is 2.59. The minimum atomic E-state index is -1.24. The maximum Gasteiger partial charge on any atom is 0.419 e. The number of carbonyl (C=O) groups is 2. The van der Waals surface area contributed by atoms with Gasteiger partial charge < -0.3 is 14.9 Å². The summed E-state index contributed by atoms with van der Waals surface area (Å²) in [6, 6.07) is 5.57. The summed E-state index contributed by atoms with van der Waals surface area (Å²) >= 11 is 0. The molecule has 1 aromatic heterocycles. The molecular formula is C14H15NO5. The van der Waals surface area contributed by atoms with Crippen LogP contribution in [0.4, 0.5) is 4.79 Å². The van der Waals surface area contributed by atoms with Crippen LogP contribution in [-0.4, -0.2) is 32.4 Å². The molecule has 1 heterocycles. The molecule has 0 amide bonds. The minimum Gasteiger partial charge on any atom is -0.508 e. The summed E-state index contributed by atoms with van der Waals surface area (Å²) in [5.41, 5.74) is -0.574. The number of aromatic hydroxyl groups is 1. The van der Waals surface area contributed by atoms with E-state index in [0.717, 1.165) is 4.57 Å². The highest BCUT2D eigenvalue weighted by Crippen LogP contribution is 2.25. The van der Waals surface area contributed by atoms with E-state index in [1.165, 1.54) is 24.3 Å². The van der Waals surface area contributed by atoms with E-state index >= 15 is 0 Å². The third-order valence-corrected chi connectivity index (χ3v) is 2.58. The van der Waals surface area contributed by atoms with E-state index in [1.807, 2.05) is 0 Å². The van der Waals surface area contributed by atoms with Crippen LogP contribution in [0.3, 0.4) is 0 Å². The van der Waals surface area contributed by atoms with Crippen LogP contribution in [0.2, 0.25) is 0 Å². The minimum absolute atomic E-state index is 0.00391. The maximum absolute atomic E-state index is 12.2. The molecule has 6 nitrogen and oxygen atoms in total. The molecule has 0 aliphatic carbocycles. The largest absolute Gasteiger partial charge is 0.508 e. The maximum atomic E-state index is 12.2. The quantitative estimate of drug-likeness (QED) is 0.836. The van der Waals surface area contributed by atoms with Crippen LogP contribution in [0.5, 0.6) is 5.75 Å². The van der Waals surface area contributed by atoms with E-state index in [9.17, 15) is 19.8 Å². The number of rotatable bonds is 1. The smallest absolute Gasteiger partial charge is 0.419 e. The van der Waals surface area contributed by atoms with E-state index < -0.39 is 17.7 Å². The van der Waals surface area contributed by atoms with Crippen molar-refractivity contribution in [2.45, 2.75) is 26.4 Å². The summed E-state index contributed by atoms with van der Waals surface area (Å²) in [4.78, 5) is 23.4. The Balaban J connectivity index is 2.63. The van der Waals surface area contributed by atoms with Crippen LogP contribution in [0.15, 0.2) is 24.3 Å². The fourth-order valence-corrected chi connectivity index (χ4v) is 1.86. The van der Waals surface area contributed by atoms with Gasteiger partial charge in [0.15, 0.2) is 0 Å². The summed E-state index contributed by atoms with van der Waals surface area (Å²) in [5.74, 6) is -1.25. The van der Waals surface area contributed by atoms with Gasteiger partial charge in [0.05, 0.1) is 5.52 Å². The van der Waals surface area contributed by atoms with Crippen LogP contribution < -0.4 is 0 Å². The highest BCUT2D eigenvalue weighted by molar-refractivity contribution is 6.01. The highest BCUT2D eigenvalue weighted by atomic mass is 16.6. The Morgan fingerprint density at radius 1 is 1.20 bits per heavy atom. The van der Waals surface area contributed by atoms with Crippen LogP contribution in [0, 0.1) is 0 Å². The molecule has 0 saturated heterocycles. The summed E-state index contributed by atoms with van der Waals surface area (Å²) < 4.78 is 6.20. The molecular weight excluding hydrogens is 262 g/mol. The number of carboxylic acids is 1. The Hall–Kier alpha value is -2.50. The molecule has 106 valence electrons. The number of ether oxygens (including phenoxy) is 1. The van der Waals surface area contributed by atoms with Crippen molar-refractivity contribution in [1.29, 1.82) is 0 Å². The summed E-state index contributed by atoms with van der Waals surface area (Å²) in [6.07, 6.45) is -0.768. The number of nitrogens with zero attached hydrogens (tertiary/aromatic N) is 1. The molecule has 0 radical (unpaired) electrons. The molecule has 0 bridgehead atoms. The van der Waals surface area contributed by atoms with Gasteiger partial charge in [0.2, 0.25) is 0 Å². The lowest BCUT2D eigenvalue weighted by Crippen LogP contribution is -2.28.